The Morgan fingerprint density at radius 1 is 1.08 bits per heavy atom. The molecule has 0 fully saturated rings. The van der Waals surface area contributed by atoms with E-state index in [1.54, 1.807) is 0 Å². The summed E-state index contributed by atoms with van der Waals surface area (Å²) in [6.07, 6.45) is 0. The van der Waals surface area contributed by atoms with Gasteiger partial charge in [0.15, 0.2) is 0 Å². The van der Waals surface area contributed by atoms with Crippen molar-refractivity contribution in [3.05, 3.63) is 22.8 Å². The minimum absolute atomic E-state index is 0.569. The Labute approximate surface area is 72.2 Å². The van der Waals surface area contributed by atoms with E-state index in [0.717, 1.165) is 22.8 Å². The van der Waals surface area contributed by atoms with Gasteiger partial charge in [-0.25, -0.2) is 0 Å². The Balaban J connectivity index is 3.05. The van der Waals surface area contributed by atoms with Crippen molar-refractivity contribution in [3.63, 3.8) is 0 Å². The molecular weight excluding hydrogens is 152 g/mol. The lowest BCUT2D eigenvalue weighted by atomic mass is 10.2. The Morgan fingerprint density at radius 3 is 2.25 bits per heavy atom. The van der Waals surface area contributed by atoms with Crippen molar-refractivity contribution in [2.45, 2.75) is 27.3 Å². The molecule has 0 aliphatic rings. The van der Waals surface area contributed by atoms with Gasteiger partial charge in [-0.15, -0.1) is 0 Å². The Hall–Kier alpha value is -1.00. The van der Waals surface area contributed by atoms with Crippen molar-refractivity contribution in [1.29, 1.82) is 0 Å². The molecular formula is C8H14N4. The lowest BCUT2D eigenvalue weighted by molar-refractivity contribution is 0.706. The van der Waals surface area contributed by atoms with Crippen LogP contribution in [0, 0.1) is 20.8 Å². The number of nitrogens with zero attached hydrogens (tertiary/aromatic N) is 2. The van der Waals surface area contributed by atoms with E-state index in [0.29, 0.717) is 6.54 Å². The van der Waals surface area contributed by atoms with Gasteiger partial charge in [0.1, 0.15) is 0 Å². The molecule has 1 aromatic heterocycles. The SMILES string of the molecule is Cc1nc(C)c(CNN)nc1C. The van der Waals surface area contributed by atoms with E-state index >= 15 is 0 Å². The minimum Gasteiger partial charge on any atom is -0.271 e. The molecule has 4 heteroatoms. The Morgan fingerprint density at radius 2 is 1.67 bits per heavy atom. The van der Waals surface area contributed by atoms with Crippen LogP contribution >= 0.6 is 0 Å². The number of hydrazine groups is 1. The average Bonchev–Trinajstić information content (AvgIpc) is 2.01. The third-order valence-corrected chi connectivity index (χ3v) is 1.85. The maximum atomic E-state index is 5.20. The zero-order valence-corrected chi connectivity index (χ0v) is 7.68. The lowest BCUT2D eigenvalue weighted by Gasteiger charge is -2.06. The average molecular weight is 166 g/mol. The molecule has 12 heavy (non-hydrogen) atoms. The zero-order chi connectivity index (χ0) is 9.14. The van der Waals surface area contributed by atoms with Crippen LogP contribution in [0.15, 0.2) is 0 Å². The summed E-state index contributed by atoms with van der Waals surface area (Å²) in [4.78, 5) is 8.69. The molecule has 66 valence electrons. The van der Waals surface area contributed by atoms with Crippen molar-refractivity contribution >= 4 is 0 Å². The highest BCUT2D eigenvalue weighted by molar-refractivity contribution is 5.17. The molecule has 3 N–H and O–H groups in total. The minimum atomic E-state index is 0.569. The van der Waals surface area contributed by atoms with E-state index < -0.39 is 0 Å². The number of nitrogens with one attached hydrogen (secondary N) is 1. The first-order valence-electron chi connectivity index (χ1n) is 3.89. The Kier molecular flexibility index (Phi) is 2.73. The van der Waals surface area contributed by atoms with Gasteiger partial charge in [-0.3, -0.25) is 21.2 Å². The summed E-state index contributed by atoms with van der Waals surface area (Å²) in [5.74, 6) is 5.20. The van der Waals surface area contributed by atoms with Crippen LogP contribution < -0.4 is 11.3 Å². The molecule has 0 spiro atoms. The van der Waals surface area contributed by atoms with E-state index in [4.69, 9.17) is 5.84 Å². The van der Waals surface area contributed by atoms with Crippen LogP contribution in [0.3, 0.4) is 0 Å². The maximum absolute atomic E-state index is 5.20. The largest absolute Gasteiger partial charge is 0.271 e. The predicted molar refractivity (Wildman–Crippen MR) is 47.3 cm³/mol. The van der Waals surface area contributed by atoms with Gasteiger partial charge >= 0.3 is 0 Å². The van der Waals surface area contributed by atoms with Gasteiger partial charge in [0.05, 0.1) is 29.3 Å². The summed E-state index contributed by atoms with van der Waals surface area (Å²) < 4.78 is 0. The molecule has 0 amide bonds. The van der Waals surface area contributed by atoms with Crippen molar-refractivity contribution in [3.8, 4) is 0 Å². The van der Waals surface area contributed by atoms with Crippen LogP contribution in [0.5, 0.6) is 0 Å². The molecule has 0 aromatic carbocycles. The fourth-order valence-corrected chi connectivity index (χ4v) is 1.03. The molecule has 0 bridgehead atoms. The summed E-state index contributed by atoms with van der Waals surface area (Å²) >= 11 is 0. The summed E-state index contributed by atoms with van der Waals surface area (Å²) in [6.45, 7) is 6.41. The number of hydrogen-bond acceptors (Lipinski definition) is 4. The van der Waals surface area contributed by atoms with Gasteiger partial charge in [0.25, 0.3) is 0 Å². The first kappa shape index (κ1) is 9.09. The molecule has 1 heterocycles. The second-order valence-corrected chi connectivity index (χ2v) is 2.81. The molecule has 0 saturated heterocycles. The molecule has 4 nitrogen and oxygen atoms in total. The monoisotopic (exact) mass is 166 g/mol. The predicted octanol–water partition coefficient (Wildman–Crippen LogP) is 0.365. The maximum Gasteiger partial charge on any atom is 0.0771 e. The normalized spacial score (nSPS) is 10.3. The van der Waals surface area contributed by atoms with Crippen LogP contribution in [0.2, 0.25) is 0 Å². The van der Waals surface area contributed by atoms with Crippen LogP contribution in [-0.2, 0) is 6.54 Å². The Bertz CT molecular complexity index is 283. The van der Waals surface area contributed by atoms with Crippen LogP contribution in [0.1, 0.15) is 22.8 Å². The fraction of sp³-hybridized carbons (Fsp3) is 0.500. The summed E-state index contributed by atoms with van der Waals surface area (Å²) in [7, 11) is 0. The molecule has 1 aromatic rings. The van der Waals surface area contributed by atoms with Gasteiger partial charge in [-0.05, 0) is 20.8 Å². The number of aromatic nitrogens is 2. The summed E-state index contributed by atoms with van der Waals surface area (Å²) in [5, 5.41) is 0. The van der Waals surface area contributed by atoms with E-state index in [1.807, 2.05) is 20.8 Å². The lowest BCUT2D eigenvalue weighted by Crippen LogP contribution is -2.23. The van der Waals surface area contributed by atoms with Crippen LogP contribution in [0.4, 0.5) is 0 Å². The van der Waals surface area contributed by atoms with Crippen molar-refractivity contribution in [2.75, 3.05) is 0 Å². The smallest absolute Gasteiger partial charge is 0.0771 e. The summed E-state index contributed by atoms with van der Waals surface area (Å²) in [5.41, 5.74) is 6.37. The fourth-order valence-electron chi connectivity index (χ4n) is 1.03. The molecule has 0 unspecified atom stereocenters. The van der Waals surface area contributed by atoms with Crippen molar-refractivity contribution in [1.82, 2.24) is 15.4 Å². The van der Waals surface area contributed by atoms with Crippen molar-refractivity contribution in [2.24, 2.45) is 5.84 Å². The molecule has 0 radical (unpaired) electrons. The molecule has 1 rings (SSSR count). The number of rotatable bonds is 2. The van der Waals surface area contributed by atoms with Crippen LogP contribution in [0.25, 0.3) is 0 Å². The second-order valence-electron chi connectivity index (χ2n) is 2.81. The van der Waals surface area contributed by atoms with E-state index in [-0.39, 0.29) is 0 Å². The quantitative estimate of drug-likeness (QED) is 0.492. The summed E-state index contributed by atoms with van der Waals surface area (Å²) in [6, 6.07) is 0. The number of nitrogens with two attached hydrogens (primary N) is 1. The van der Waals surface area contributed by atoms with E-state index in [1.165, 1.54) is 0 Å². The topological polar surface area (TPSA) is 63.8 Å². The standard InChI is InChI=1S/C8H14N4/c1-5-6(2)12-8(4-10-9)7(3)11-5/h10H,4,9H2,1-3H3. The zero-order valence-electron chi connectivity index (χ0n) is 7.68. The molecule has 0 aliphatic heterocycles. The van der Waals surface area contributed by atoms with E-state index in [2.05, 4.69) is 15.4 Å². The van der Waals surface area contributed by atoms with Gasteiger partial charge < -0.3 is 0 Å². The highest BCUT2D eigenvalue weighted by Gasteiger charge is 2.03. The van der Waals surface area contributed by atoms with E-state index in [9.17, 15) is 0 Å². The van der Waals surface area contributed by atoms with Gasteiger partial charge in [-0.2, -0.15) is 0 Å². The highest BCUT2D eigenvalue weighted by Crippen LogP contribution is 2.05. The number of aryl methyl sites for hydroxylation is 3. The van der Waals surface area contributed by atoms with Gasteiger partial charge in [0.2, 0.25) is 0 Å². The third kappa shape index (κ3) is 1.78. The van der Waals surface area contributed by atoms with Crippen LogP contribution in [-0.4, -0.2) is 9.97 Å². The van der Waals surface area contributed by atoms with Gasteiger partial charge in [0, 0.05) is 0 Å². The third-order valence-electron chi connectivity index (χ3n) is 1.85. The van der Waals surface area contributed by atoms with Gasteiger partial charge in [-0.1, -0.05) is 0 Å². The molecule has 0 saturated carbocycles. The second kappa shape index (κ2) is 3.60. The van der Waals surface area contributed by atoms with Crippen molar-refractivity contribution < 1.29 is 0 Å². The first-order chi connectivity index (χ1) is 5.65. The molecule has 0 aliphatic carbocycles. The number of hydrogen-bond donors (Lipinski definition) is 2. The first-order valence-corrected chi connectivity index (χ1v) is 3.89. The highest BCUT2D eigenvalue weighted by atomic mass is 15.2. The molecule has 0 atom stereocenters.